The molecule has 1 aromatic carbocycles. The third kappa shape index (κ3) is 10.8. The van der Waals surface area contributed by atoms with Crippen LogP contribution in [0.5, 0.6) is 0 Å². The zero-order valence-corrected chi connectivity index (χ0v) is 29.6. The maximum Gasteiger partial charge on any atom is 0.522 e. The molecule has 0 spiro atoms. The predicted octanol–water partition coefficient (Wildman–Crippen LogP) is 8.31. The maximum absolute atomic E-state index is 10.7. The molecule has 0 aliphatic carbocycles. The second-order valence-corrected chi connectivity index (χ2v) is 22.3. The summed E-state index contributed by atoms with van der Waals surface area (Å²) in [6, 6.07) is 8.99. The number of halogens is 3. The fourth-order valence-corrected chi connectivity index (χ4v) is 11.4. The first-order valence-electron chi connectivity index (χ1n) is 12.2. The van der Waals surface area contributed by atoms with Gasteiger partial charge in [0.1, 0.15) is 0 Å². The van der Waals surface area contributed by atoms with Crippen molar-refractivity contribution in [3.8, 4) is 0 Å². The number of anilines is 2. The first-order chi connectivity index (χ1) is 16.2. The monoisotopic (exact) mass is 778 g/mol. The topological polar surface area (TPSA) is 60.9 Å². The molecule has 1 N–H and O–H groups in total. The number of nitrogens with zero attached hydrogens (tertiary/aromatic N) is 2. The number of alkyl halides is 3. The van der Waals surface area contributed by atoms with Crippen LogP contribution in [0.2, 0.25) is 0 Å². The van der Waals surface area contributed by atoms with Gasteiger partial charge in [-0.3, -0.25) is 4.55 Å². The Morgan fingerprint density at radius 2 is 0.947 bits per heavy atom. The standard InChI is InChI=1S/C24H44BN2P2.CHF3O3S.Pt/c1-21(2,3)28(22(4,5)6)17-26-19-15-13-14-16-20(19)27(25-26)18-29(23(7,8)9)24(10,11)12;2-1(3,4)8(5,6)7;/h13-16H,17-18H2,1-12H3;(H,5,6,7);. The summed E-state index contributed by atoms with van der Waals surface area (Å²) in [7, 11) is -3.80. The van der Waals surface area contributed by atoms with Crippen molar-refractivity contribution in [1.29, 1.82) is 0 Å². The number of fused-ring (bicyclic) bond motifs is 1. The summed E-state index contributed by atoms with van der Waals surface area (Å²) in [5.74, 6) is 0. The molecule has 0 atom stereocenters. The molecule has 1 radical (unpaired) electrons. The third-order valence-corrected chi connectivity index (χ3v) is 14.1. The van der Waals surface area contributed by atoms with Crippen molar-refractivity contribution < 1.29 is 47.2 Å². The third-order valence-electron chi connectivity index (χ3n) is 5.90. The Labute approximate surface area is 246 Å². The average molecular weight is 779 g/mol. The zero-order valence-electron chi connectivity index (χ0n) is 24.7. The summed E-state index contributed by atoms with van der Waals surface area (Å²) in [4.78, 5) is 5.10. The van der Waals surface area contributed by atoms with Gasteiger partial charge in [-0.1, -0.05) is 111 Å². The van der Waals surface area contributed by atoms with E-state index in [9.17, 15) is 13.2 Å². The van der Waals surface area contributed by atoms with Crippen LogP contribution in [0.15, 0.2) is 24.3 Å². The molecule has 0 fully saturated rings. The van der Waals surface area contributed by atoms with Gasteiger partial charge in [0.15, 0.2) is 0 Å². The van der Waals surface area contributed by atoms with Gasteiger partial charge in [-0.2, -0.15) is 21.6 Å². The quantitative estimate of drug-likeness (QED) is 0.144. The largest absolute Gasteiger partial charge is 0.522 e. The minimum absolute atomic E-state index is 0. The molecule has 0 unspecified atom stereocenters. The van der Waals surface area contributed by atoms with E-state index in [1.54, 1.807) is 0 Å². The van der Waals surface area contributed by atoms with E-state index in [0.29, 0.717) is 20.6 Å². The Kier molecular flexibility index (Phi) is 13.0. The summed E-state index contributed by atoms with van der Waals surface area (Å²) < 4.78 is 57.5. The number of para-hydroxylation sites is 2. The van der Waals surface area contributed by atoms with E-state index in [1.807, 2.05) is 0 Å². The number of benzene rings is 1. The van der Waals surface area contributed by atoms with Crippen molar-refractivity contribution in [3.63, 3.8) is 0 Å². The second kappa shape index (κ2) is 13.0. The van der Waals surface area contributed by atoms with E-state index in [-0.39, 0.29) is 36.9 Å². The fourth-order valence-electron chi connectivity index (χ4n) is 4.63. The van der Waals surface area contributed by atoms with Crippen LogP contribution in [0, 0.1) is 0 Å². The van der Waals surface area contributed by atoms with E-state index >= 15 is 0 Å². The molecule has 1 heterocycles. The van der Waals surface area contributed by atoms with Crippen LogP contribution in [0.3, 0.4) is 0 Å². The second-order valence-electron chi connectivity index (χ2n) is 13.3. The van der Waals surface area contributed by atoms with Crippen LogP contribution in [0.1, 0.15) is 83.1 Å². The SMILES string of the molecule is CC(C)(C)P(CN1[B]N(CP(C(C)(C)C)C(C)(C)C)c2ccccc21)C(C)(C)C.O=S(=O)(O)C(F)(F)F.[Pt]. The summed E-state index contributed by atoms with van der Waals surface area (Å²) in [6.07, 6.45) is 2.25. The van der Waals surface area contributed by atoms with E-state index in [2.05, 4.69) is 125 Å². The van der Waals surface area contributed by atoms with Crippen molar-refractivity contribution in [2.75, 3.05) is 22.2 Å². The van der Waals surface area contributed by atoms with E-state index in [0.717, 1.165) is 12.6 Å². The number of hydrogen-bond acceptors (Lipinski definition) is 4. The molecule has 2 rings (SSSR count). The normalized spacial score (nSPS) is 15.1. The molecule has 0 amide bonds. The minimum Gasteiger partial charge on any atom is -0.393 e. The van der Waals surface area contributed by atoms with Crippen LogP contribution >= 0.6 is 15.8 Å². The van der Waals surface area contributed by atoms with Gasteiger partial charge >= 0.3 is 23.2 Å². The summed E-state index contributed by atoms with van der Waals surface area (Å²) in [5, 5.41) is 1.31. The fraction of sp³-hybridized carbons (Fsp3) is 0.760. The van der Waals surface area contributed by atoms with Gasteiger partial charge in [-0.05, 0) is 32.8 Å². The van der Waals surface area contributed by atoms with E-state index < -0.39 is 15.6 Å². The smallest absolute Gasteiger partial charge is 0.393 e. The number of hydrogen-bond donors (Lipinski definition) is 1. The summed E-state index contributed by atoms with van der Waals surface area (Å²) in [5.41, 5.74) is -2.77. The van der Waals surface area contributed by atoms with Crippen LogP contribution in [-0.2, 0) is 31.2 Å². The van der Waals surface area contributed by atoms with Crippen molar-refractivity contribution >= 4 is 44.9 Å². The average Bonchev–Trinajstić information content (AvgIpc) is 2.97. The molecule has 1 aliphatic heterocycles. The van der Waals surface area contributed by atoms with Gasteiger partial charge in [-0.15, -0.1) is 0 Å². The van der Waals surface area contributed by atoms with Gasteiger partial charge in [0.05, 0.1) is 0 Å². The van der Waals surface area contributed by atoms with Crippen LogP contribution < -0.4 is 9.62 Å². The first-order valence-corrected chi connectivity index (χ1v) is 16.7. The maximum atomic E-state index is 10.7. The Balaban J connectivity index is 0.00000132. The van der Waals surface area contributed by atoms with Gasteiger partial charge in [0, 0.05) is 45.0 Å². The predicted molar refractivity (Wildman–Crippen MR) is 157 cm³/mol. The van der Waals surface area contributed by atoms with Crippen molar-refractivity contribution in [1.82, 2.24) is 0 Å². The molecule has 223 valence electrons. The molecule has 5 nitrogen and oxygen atoms in total. The Morgan fingerprint density at radius 1 is 0.711 bits per heavy atom. The van der Waals surface area contributed by atoms with Gasteiger partial charge < -0.3 is 9.62 Å². The Morgan fingerprint density at radius 3 is 1.13 bits per heavy atom. The van der Waals surface area contributed by atoms with Gasteiger partial charge in [0.2, 0.25) is 0 Å². The molecule has 0 saturated carbocycles. The Hall–Kier alpha value is 0.133. The molecular formula is C25H45BF3N2O3P2PtS. The van der Waals surface area contributed by atoms with E-state index in [1.165, 1.54) is 11.4 Å². The van der Waals surface area contributed by atoms with Crippen LogP contribution in [-0.4, -0.2) is 59.2 Å². The van der Waals surface area contributed by atoms with Gasteiger partial charge in [0.25, 0.3) is 0 Å². The Bertz CT molecular complexity index is 932. The van der Waals surface area contributed by atoms with E-state index in [4.69, 9.17) is 13.0 Å². The molecule has 38 heavy (non-hydrogen) atoms. The molecule has 1 aromatic rings. The molecule has 0 saturated heterocycles. The van der Waals surface area contributed by atoms with Crippen LogP contribution in [0.25, 0.3) is 0 Å². The summed E-state index contributed by atoms with van der Waals surface area (Å²) >= 11 is 0. The van der Waals surface area contributed by atoms with Crippen molar-refractivity contribution in [2.24, 2.45) is 0 Å². The molecule has 0 bridgehead atoms. The first kappa shape index (κ1) is 38.1. The summed E-state index contributed by atoms with van der Waals surface area (Å²) in [6.45, 7) is 29.0. The molecule has 0 aromatic heterocycles. The van der Waals surface area contributed by atoms with Crippen molar-refractivity contribution in [2.45, 2.75) is 109 Å². The van der Waals surface area contributed by atoms with Gasteiger partial charge in [-0.25, -0.2) is 0 Å². The molecular weight excluding hydrogens is 733 g/mol. The number of rotatable bonds is 4. The molecule has 1 aliphatic rings. The zero-order chi connectivity index (χ0) is 29.4. The molecule has 13 heteroatoms. The van der Waals surface area contributed by atoms with Crippen LogP contribution in [0.4, 0.5) is 24.5 Å². The van der Waals surface area contributed by atoms with Crippen molar-refractivity contribution in [3.05, 3.63) is 24.3 Å². The minimum atomic E-state index is -5.84.